The van der Waals surface area contributed by atoms with Crippen molar-refractivity contribution in [3.05, 3.63) is 90.4 Å². The number of benzene rings is 2. The number of anilines is 2. The van der Waals surface area contributed by atoms with E-state index in [9.17, 15) is 13.2 Å². The van der Waals surface area contributed by atoms with Crippen molar-refractivity contribution in [2.75, 3.05) is 10.0 Å². The first-order chi connectivity index (χ1) is 15.9. The third kappa shape index (κ3) is 4.42. The molecule has 2 atom stereocenters. The van der Waals surface area contributed by atoms with Gasteiger partial charge in [-0.3, -0.25) is 14.5 Å². The Balaban J connectivity index is 1.25. The molecule has 2 unspecified atom stereocenters. The standard InChI is InChI=1S/C25H22N4O3S/c1-16-14-26-15-18-5-8-19(12-21(16)18)28-25(30)23-13-22(23)17-6-9-20(10-7-17)33(31,32)29-24-4-2-3-11-27-24/h2-12,14-15,22-23H,13H2,1H3,(H,27,29)(H,28,30). The molecule has 1 amide bonds. The van der Waals surface area contributed by atoms with Crippen LogP contribution in [-0.2, 0) is 14.8 Å². The number of carbonyl (C=O) groups is 1. The molecule has 33 heavy (non-hydrogen) atoms. The van der Waals surface area contributed by atoms with Gasteiger partial charge in [0.25, 0.3) is 10.0 Å². The Morgan fingerprint density at radius 1 is 1.03 bits per heavy atom. The van der Waals surface area contributed by atoms with Crippen molar-refractivity contribution in [1.82, 2.24) is 9.97 Å². The maximum Gasteiger partial charge on any atom is 0.263 e. The fourth-order valence-corrected chi connectivity index (χ4v) is 5.00. The Bertz CT molecular complexity index is 1440. The smallest absolute Gasteiger partial charge is 0.263 e. The molecular weight excluding hydrogens is 436 g/mol. The van der Waals surface area contributed by atoms with Crippen molar-refractivity contribution in [1.29, 1.82) is 0 Å². The minimum atomic E-state index is -3.72. The summed E-state index contributed by atoms with van der Waals surface area (Å²) in [4.78, 5) is 21.1. The Labute approximate surface area is 192 Å². The molecule has 2 aromatic heterocycles. The minimum absolute atomic E-state index is 0.0282. The van der Waals surface area contributed by atoms with Crippen LogP contribution in [0.3, 0.4) is 0 Å². The Morgan fingerprint density at radius 2 is 1.85 bits per heavy atom. The lowest BCUT2D eigenvalue weighted by Gasteiger charge is -2.09. The van der Waals surface area contributed by atoms with Crippen LogP contribution in [0.25, 0.3) is 10.8 Å². The molecule has 8 heteroatoms. The van der Waals surface area contributed by atoms with Gasteiger partial charge in [0.15, 0.2) is 0 Å². The Morgan fingerprint density at radius 3 is 2.61 bits per heavy atom. The lowest BCUT2D eigenvalue weighted by Crippen LogP contribution is -2.15. The average molecular weight is 459 g/mol. The molecule has 0 bridgehead atoms. The number of nitrogens with zero attached hydrogens (tertiary/aromatic N) is 2. The van der Waals surface area contributed by atoms with E-state index < -0.39 is 10.0 Å². The molecule has 0 saturated heterocycles. The highest BCUT2D eigenvalue weighted by atomic mass is 32.2. The first-order valence-electron chi connectivity index (χ1n) is 10.6. The van der Waals surface area contributed by atoms with E-state index in [1.54, 1.807) is 54.9 Å². The molecule has 0 radical (unpaired) electrons. The molecule has 1 saturated carbocycles. The molecule has 7 nitrogen and oxygen atoms in total. The molecular formula is C25H22N4O3S. The molecule has 4 aromatic rings. The highest BCUT2D eigenvalue weighted by molar-refractivity contribution is 7.92. The average Bonchev–Trinajstić information content (AvgIpc) is 3.61. The Hall–Kier alpha value is -3.78. The van der Waals surface area contributed by atoms with E-state index in [1.165, 1.54) is 6.20 Å². The second-order valence-corrected chi connectivity index (χ2v) is 9.90. The predicted octanol–water partition coefficient (Wildman–Crippen LogP) is 4.48. The number of amides is 1. The Kier molecular flexibility index (Phi) is 5.30. The summed E-state index contributed by atoms with van der Waals surface area (Å²) in [5, 5.41) is 5.11. The van der Waals surface area contributed by atoms with Gasteiger partial charge in [-0.1, -0.05) is 24.3 Å². The largest absolute Gasteiger partial charge is 0.326 e. The van der Waals surface area contributed by atoms with Crippen LogP contribution in [0.1, 0.15) is 23.5 Å². The molecule has 1 fully saturated rings. The van der Waals surface area contributed by atoms with Crippen LogP contribution in [0.2, 0.25) is 0 Å². The zero-order chi connectivity index (χ0) is 23.0. The maximum absolute atomic E-state index is 12.8. The number of nitrogens with one attached hydrogen (secondary N) is 2. The van der Waals surface area contributed by atoms with Crippen molar-refractivity contribution >= 4 is 38.2 Å². The summed E-state index contributed by atoms with van der Waals surface area (Å²) in [6.07, 6.45) is 5.87. The van der Waals surface area contributed by atoms with Gasteiger partial charge in [0.1, 0.15) is 5.82 Å². The van der Waals surface area contributed by atoms with Crippen LogP contribution < -0.4 is 10.0 Å². The zero-order valence-corrected chi connectivity index (χ0v) is 18.7. The first kappa shape index (κ1) is 21.1. The highest BCUT2D eigenvalue weighted by Gasteiger charge is 2.44. The number of fused-ring (bicyclic) bond motifs is 1. The van der Waals surface area contributed by atoms with Crippen molar-refractivity contribution < 1.29 is 13.2 Å². The quantitative estimate of drug-likeness (QED) is 0.444. The van der Waals surface area contributed by atoms with E-state index in [2.05, 4.69) is 20.0 Å². The molecule has 2 aromatic carbocycles. The van der Waals surface area contributed by atoms with Gasteiger partial charge in [-0.15, -0.1) is 0 Å². The second-order valence-electron chi connectivity index (χ2n) is 8.22. The van der Waals surface area contributed by atoms with Crippen molar-refractivity contribution in [3.8, 4) is 0 Å². The van der Waals surface area contributed by atoms with Crippen LogP contribution in [0.15, 0.2) is 84.1 Å². The molecule has 0 spiro atoms. The van der Waals surface area contributed by atoms with Crippen LogP contribution in [0.4, 0.5) is 11.5 Å². The molecule has 1 aliphatic rings. The number of pyridine rings is 2. The van der Waals surface area contributed by atoms with Gasteiger partial charge in [-0.2, -0.15) is 0 Å². The summed E-state index contributed by atoms with van der Waals surface area (Å²) >= 11 is 0. The summed E-state index contributed by atoms with van der Waals surface area (Å²) in [6.45, 7) is 1.99. The number of hydrogen-bond donors (Lipinski definition) is 2. The molecule has 166 valence electrons. The fraction of sp³-hybridized carbons (Fsp3) is 0.160. The van der Waals surface area contributed by atoms with E-state index in [-0.39, 0.29) is 28.5 Å². The van der Waals surface area contributed by atoms with Gasteiger partial charge in [-0.05, 0) is 72.2 Å². The number of carbonyl (C=O) groups excluding carboxylic acids is 1. The predicted molar refractivity (Wildman–Crippen MR) is 127 cm³/mol. The summed E-state index contributed by atoms with van der Waals surface area (Å²) in [5.41, 5.74) is 2.77. The minimum Gasteiger partial charge on any atom is -0.326 e. The normalized spacial score (nSPS) is 17.5. The summed E-state index contributed by atoms with van der Waals surface area (Å²) < 4.78 is 27.6. The molecule has 2 N–H and O–H groups in total. The highest BCUT2D eigenvalue weighted by Crippen LogP contribution is 2.48. The van der Waals surface area contributed by atoms with Crippen LogP contribution in [0, 0.1) is 12.8 Å². The molecule has 0 aliphatic heterocycles. The van der Waals surface area contributed by atoms with Crippen molar-refractivity contribution in [2.24, 2.45) is 5.92 Å². The number of hydrogen-bond acceptors (Lipinski definition) is 5. The van der Waals surface area contributed by atoms with Gasteiger partial charge >= 0.3 is 0 Å². The van der Waals surface area contributed by atoms with E-state index in [4.69, 9.17) is 0 Å². The zero-order valence-electron chi connectivity index (χ0n) is 17.9. The maximum atomic E-state index is 12.8. The van der Waals surface area contributed by atoms with Crippen LogP contribution >= 0.6 is 0 Å². The monoisotopic (exact) mass is 458 g/mol. The SMILES string of the molecule is Cc1cncc2ccc(NC(=O)C3CC3c3ccc(S(=O)(=O)Nc4ccccn4)cc3)cc12. The number of aryl methyl sites for hydroxylation is 1. The topological polar surface area (TPSA) is 101 Å². The molecule has 2 heterocycles. The third-order valence-corrected chi connectivity index (χ3v) is 7.25. The van der Waals surface area contributed by atoms with E-state index >= 15 is 0 Å². The van der Waals surface area contributed by atoms with E-state index in [1.807, 2.05) is 25.1 Å². The number of sulfonamides is 1. The summed E-state index contributed by atoms with van der Waals surface area (Å²) in [6, 6.07) is 17.5. The van der Waals surface area contributed by atoms with Crippen molar-refractivity contribution in [3.63, 3.8) is 0 Å². The summed E-state index contributed by atoms with van der Waals surface area (Å²) in [5.74, 6) is 0.186. The van der Waals surface area contributed by atoms with Gasteiger partial charge in [0, 0.05) is 35.6 Å². The fourth-order valence-electron chi connectivity index (χ4n) is 3.99. The first-order valence-corrected chi connectivity index (χ1v) is 12.1. The van der Waals surface area contributed by atoms with Gasteiger partial charge in [-0.25, -0.2) is 13.4 Å². The van der Waals surface area contributed by atoms with Gasteiger partial charge in [0.05, 0.1) is 4.90 Å². The van der Waals surface area contributed by atoms with Crippen LogP contribution in [-0.4, -0.2) is 24.3 Å². The molecule has 1 aliphatic carbocycles. The third-order valence-electron chi connectivity index (χ3n) is 5.88. The van der Waals surface area contributed by atoms with Crippen LogP contribution in [0.5, 0.6) is 0 Å². The number of aromatic nitrogens is 2. The lowest BCUT2D eigenvalue weighted by atomic mass is 10.1. The van der Waals surface area contributed by atoms with Gasteiger partial charge in [0.2, 0.25) is 5.91 Å². The van der Waals surface area contributed by atoms with E-state index in [0.717, 1.165) is 34.0 Å². The second kappa shape index (κ2) is 8.29. The van der Waals surface area contributed by atoms with Crippen molar-refractivity contribution in [2.45, 2.75) is 24.2 Å². The lowest BCUT2D eigenvalue weighted by molar-refractivity contribution is -0.117. The molecule has 5 rings (SSSR count). The summed E-state index contributed by atoms with van der Waals surface area (Å²) in [7, 11) is -3.72. The van der Waals surface area contributed by atoms with Gasteiger partial charge < -0.3 is 5.32 Å². The van der Waals surface area contributed by atoms with E-state index in [0.29, 0.717) is 0 Å². The number of rotatable bonds is 6.